The van der Waals surface area contributed by atoms with Gasteiger partial charge in [0.1, 0.15) is 0 Å². The summed E-state index contributed by atoms with van der Waals surface area (Å²) in [5.41, 5.74) is 1.48. The lowest BCUT2D eigenvalue weighted by molar-refractivity contribution is 0.668. The highest BCUT2D eigenvalue weighted by molar-refractivity contribution is 5.27. The fraction of sp³-hybridized carbons (Fsp3) is 0.455. The van der Waals surface area contributed by atoms with Crippen molar-refractivity contribution in [1.29, 1.82) is 0 Å². The molecule has 0 aromatic heterocycles. The van der Waals surface area contributed by atoms with Crippen LogP contribution in [0.3, 0.4) is 0 Å². The standard InChI is InChI=1S/C11H16/c1-3-10(2)11-8-6-4-5-7-9-11/h4-6,8-10H,3,7H2,1-2H3. The van der Waals surface area contributed by atoms with Gasteiger partial charge in [0, 0.05) is 0 Å². The van der Waals surface area contributed by atoms with Gasteiger partial charge in [-0.2, -0.15) is 0 Å². The highest BCUT2D eigenvalue weighted by Gasteiger charge is 2.02. The SMILES string of the molecule is CCC(C)C1=CCC=CC=C1. The molecule has 0 spiro atoms. The molecule has 60 valence electrons. The van der Waals surface area contributed by atoms with E-state index in [0.717, 1.165) is 6.42 Å². The Labute approximate surface area is 69.3 Å². The Kier molecular flexibility index (Phi) is 3.15. The first-order valence-electron chi connectivity index (χ1n) is 4.38. The van der Waals surface area contributed by atoms with E-state index >= 15 is 0 Å². The van der Waals surface area contributed by atoms with Crippen LogP contribution in [0.2, 0.25) is 0 Å². The zero-order valence-electron chi connectivity index (χ0n) is 7.38. The quantitative estimate of drug-likeness (QED) is 0.562. The van der Waals surface area contributed by atoms with Crippen molar-refractivity contribution in [2.75, 3.05) is 0 Å². The van der Waals surface area contributed by atoms with Gasteiger partial charge in [-0.15, -0.1) is 0 Å². The zero-order valence-corrected chi connectivity index (χ0v) is 7.38. The number of rotatable bonds is 2. The van der Waals surface area contributed by atoms with Gasteiger partial charge in [0.25, 0.3) is 0 Å². The van der Waals surface area contributed by atoms with Gasteiger partial charge in [0.2, 0.25) is 0 Å². The lowest BCUT2D eigenvalue weighted by Crippen LogP contribution is -1.93. The van der Waals surface area contributed by atoms with Gasteiger partial charge in [-0.1, -0.05) is 44.2 Å². The van der Waals surface area contributed by atoms with Crippen molar-refractivity contribution < 1.29 is 0 Å². The minimum atomic E-state index is 0.714. The molecular formula is C11H16. The summed E-state index contributed by atoms with van der Waals surface area (Å²) in [6.45, 7) is 4.51. The first kappa shape index (κ1) is 8.32. The minimum absolute atomic E-state index is 0.714. The van der Waals surface area contributed by atoms with Gasteiger partial charge in [0.15, 0.2) is 0 Å². The van der Waals surface area contributed by atoms with Crippen LogP contribution in [0.25, 0.3) is 0 Å². The summed E-state index contributed by atoms with van der Waals surface area (Å²) in [5.74, 6) is 0.714. The summed E-state index contributed by atoms with van der Waals surface area (Å²) < 4.78 is 0. The third-order valence-electron chi connectivity index (χ3n) is 2.21. The second kappa shape index (κ2) is 4.17. The molecular weight excluding hydrogens is 132 g/mol. The van der Waals surface area contributed by atoms with Crippen LogP contribution in [0.1, 0.15) is 26.7 Å². The summed E-state index contributed by atoms with van der Waals surface area (Å²) in [4.78, 5) is 0. The van der Waals surface area contributed by atoms with Crippen LogP contribution in [0, 0.1) is 5.92 Å². The van der Waals surface area contributed by atoms with E-state index in [9.17, 15) is 0 Å². The van der Waals surface area contributed by atoms with Crippen molar-refractivity contribution in [2.45, 2.75) is 26.7 Å². The Bertz CT molecular complexity index is 194. The highest BCUT2D eigenvalue weighted by atomic mass is 14.1. The molecule has 0 saturated carbocycles. The summed E-state index contributed by atoms with van der Waals surface area (Å²) in [5, 5.41) is 0. The van der Waals surface area contributed by atoms with Gasteiger partial charge in [-0.25, -0.2) is 0 Å². The third-order valence-corrected chi connectivity index (χ3v) is 2.21. The van der Waals surface area contributed by atoms with E-state index in [4.69, 9.17) is 0 Å². The van der Waals surface area contributed by atoms with Gasteiger partial charge in [0.05, 0.1) is 0 Å². The molecule has 1 unspecified atom stereocenters. The molecule has 0 saturated heterocycles. The fourth-order valence-corrected chi connectivity index (χ4v) is 1.20. The third kappa shape index (κ3) is 2.38. The van der Waals surface area contributed by atoms with Crippen LogP contribution in [0.5, 0.6) is 0 Å². The molecule has 0 aromatic rings. The molecule has 0 N–H and O–H groups in total. The average molecular weight is 148 g/mol. The minimum Gasteiger partial charge on any atom is -0.0807 e. The highest BCUT2D eigenvalue weighted by Crippen LogP contribution is 2.17. The van der Waals surface area contributed by atoms with E-state index in [2.05, 4.69) is 44.2 Å². The largest absolute Gasteiger partial charge is 0.0807 e. The van der Waals surface area contributed by atoms with Crippen molar-refractivity contribution >= 4 is 0 Å². The monoisotopic (exact) mass is 148 g/mol. The maximum absolute atomic E-state index is 2.31. The predicted molar refractivity (Wildman–Crippen MR) is 50.4 cm³/mol. The molecule has 0 heteroatoms. The van der Waals surface area contributed by atoms with Gasteiger partial charge < -0.3 is 0 Å². The molecule has 1 atom stereocenters. The van der Waals surface area contributed by atoms with Crippen LogP contribution in [-0.2, 0) is 0 Å². The van der Waals surface area contributed by atoms with E-state index in [0.29, 0.717) is 5.92 Å². The summed E-state index contributed by atoms with van der Waals surface area (Å²) >= 11 is 0. The second-order valence-electron chi connectivity index (χ2n) is 3.04. The lowest BCUT2D eigenvalue weighted by atomic mass is 9.98. The van der Waals surface area contributed by atoms with Gasteiger partial charge in [-0.05, 0) is 24.3 Å². The van der Waals surface area contributed by atoms with Crippen LogP contribution in [0.4, 0.5) is 0 Å². The molecule has 0 radical (unpaired) electrons. The topological polar surface area (TPSA) is 0 Å². The molecule has 0 heterocycles. The van der Waals surface area contributed by atoms with Crippen molar-refractivity contribution in [3.8, 4) is 0 Å². The first-order chi connectivity index (χ1) is 5.34. The number of hydrogen-bond acceptors (Lipinski definition) is 0. The van der Waals surface area contributed by atoms with E-state index in [1.165, 1.54) is 12.0 Å². The van der Waals surface area contributed by atoms with Crippen molar-refractivity contribution in [3.05, 3.63) is 36.0 Å². The molecule has 0 bridgehead atoms. The zero-order chi connectivity index (χ0) is 8.10. The van der Waals surface area contributed by atoms with E-state index < -0.39 is 0 Å². The molecule has 1 rings (SSSR count). The lowest BCUT2D eigenvalue weighted by Gasteiger charge is -2.08. The van der Waals surface area contributed by atoms with Crippen molar-refractivity contribution in [1.82, 2.24) is 0 Å². The van der Waals surface area contributed by atoms with Gasteiger partial charge in [-0.3, -0.25) is 0 Å². The predicted octanol–water partition coefficient (Wildman–Crippen LogP) is 3.48. The molecule has 0 amide bonds. The molecule has 1 aliphatic rings. The van der Waals surface area contributed by atoms with Crippen molar-refractivity contribution in [3.63, 3.8) is 0 Å². The molecule has 0 aliphatic heterocycles. The summed E-state index contributed by atoms with van der Waals surface area (Å²) in [6.07, 6.45) is 13.3. The van der Waals surface area contributed by atoms with Crippen LogP contribution < -0.4 is 0 Å². The van der Waals surface area contributed by atoms with Crippen LogP contribution in [-0.4, -0.2) is 0 Å². The van der Waals surface area contributed by atoms with Crippen molar-refractivity contribution in [2.24, 2.45) is 5.92 Å². The first-order valence-corrected chi connectivity index (χ1v) is 4.38. The Morgan fingerprint density at radius 3 is 3.00 bits per heavy atom. The Hall–Kier alpha value is -0.780. The maximum atomic E-state index is 2.31. The molecule has 0 aromatic carbocycles. The number of allylic oxidation sites excluding steroid dienone is 6. The average Bonchev–Trinajstić information content (AvgIpc) is 2.30. The maximum Gasteiger partial charge on any atom is -0.0160 e. The number of hydrogen-bond donors (Lipinski definition) is 0. The van der Waals surface area contributed by atoms with E-state index in [1.807, 2.05) is 0 Å². The van der Waals surface area contributed by atoms with Crippen LogP contribution >= 0.6 is 0 Å². The second-order valence-corrected chi connectivity index (χ2v) is 3.04. The van der Waals surface area contributed by atoms with Crippen LogP contribution in [0.15, 0.2) is 36.0 Å². The molecule has 1 aliphatic carbocycles. The normalized spacial score (nSPS) is 19.3. The van der Waals surface area contributed by atoms with Gasteiger partial charge >= 0.3 is 0 Å². The van der Waals surface area contributed by atoms with E-state index in [1.54, 1.807) is 0 Å². The summed E-state index contributed by atoms with van der Waals surface area (Å²) in [6, 6.07) is 0. The Morgan fingerprint density at radius 1 is 1.45 bits per heavy atom. The molecule has 0 fully saturated rings. The smallest absolute Gasteiger partial charge is 0.0160 e. The fourth-order valence-electron chi connectivity index (χ4n) is 1.20. The molecule has 0 nitrogen and oxygen atoms in total. The Morgan fingerprint density at radius 2 is 2.27 bits per heavy atom. The summed E-state index contributed by atoms with van der Waals surface area (Å²) in [7, 11) is 0. The van der Waals surface area contributed by atoms with E-state index in [-0.39, 0.29) is 0 Å². The Balaban J connectivity index is 2.64. The molecule has 11 heavy (non-hydrogen) atoms.